The molecule has 2 heterocycles. The topological polar surface area (TPSA) is 9.86 Å². The summed E-state index contributed by atoms with van der Waals surface area (Å²) in [5.74, 6) is 0. The smallest absolute Gasteiger partial charge is 0.0645 e. The molecule has 0 saturated carbocycles. The fourth-order valence-corrected chi connectivity index (χ4v) is 4.65. The molecule has 32 heavy (non-hydrogen) atoms. The molecule has 150 valence electrons. The third-order valence-corrected chi connectivity index (χ3v) is 5.96. The maximum Gasteiger partial charge on any atom is 0.0645 e. The normalized spacial score (nSPS) is 15.2. The molecule has 7 aromatic rings. The van der Waals surface area contributed by atoms with Crippen LogP contribution in [0, 0.1) is 0 Å². The first kappa shape index (κ1) is 11.4. The third kappa shape index (κ3) is 2.35. The Bertz CT molecular complexity index is 2080. The number of hydrogen-bond donors (Lipinski definition) is 0. The molecule has 0 saturated heterocycles. The SMILES string of the molecule is [2H]c1c([2H])c([2H])c2c(c1[2H])c1c([2H])c([2H])c([2H])c([2H])c1n2-c1cccc(-n2c3ccccc3c3ccccc32)c1. The maximum absolute atomic E-state index is 8.77. The molecule has 0 amide bonds. The van der Waals surface area contributed by atoms with Crippen molar-refractivity contribution in [3.8, 4) is 11.4 Å². The van der Waals surface area contributed by atoms with Crippen LogP contribution in [-0.2, 0) is 0 Å². The van der Waals surface area contributed by atoms with Crippen molar-refractivity contribution in [3.63, 3.8) is 0 Å². The van der Waals surface area contributed by atoms with Gasteiger partial charge in [-0.25, -0.2) is 0 Å². The van der Waals surface area contributed by atoms with Gasteiger partial charge in [-0.1, -0.05) is 78.7 Å². The van der Waals surface area contributed by atoms with Crippen molar-refractivity contribution in [1.82, 2.24) is 9.13 Å². The fourth-order valence-electron chi connectivity index (χ4n) is 4.65. The van der Waals surface area contributed by atoms with Gasteiger partial charge < -0.3 is 9.13 Å². The first-order valence-electron chi connectivity index (χ1n) is 14.3. The van der Waals surface area contributed by atoms with Crippen molar-refractivity contribution in [3.05, 3.63) is 121 Å². The lowest BCUT2D eigenvalue weighted by Crippen LogP contribution is -1.98. The van der Waals surface area contributed by atoms with Gasteiger partial charge in [-0.05, 0) is 42.4 Å². The van der Waals surface area contributed by atoms with Crippen molar-refractivity contribution in [2.75, 3.05) is 0 Å². The van der Waals surface area contributed by atoms with E-state index in [0.717, 1.165) is 27.5 Å². The number of hydrogen-bond acceptors (Lipinski definition) is 0. The van der Waals surface area contributed by atoms with Gasteiger partial charge in [-0.15, -0.1) is 0 Å². The molecule has 2 aromatic heterocycles. The van der Waals surface area contributed by atoms with E-state index >= 15 is 0 Å². The highest BCUT2D eigenvalue weighted by Gasteiger charge is 2.14. The molecular formula is C30H20N2. The van der Waals surface area contributed by atoms with Gasteiger partial charge in [0.25, 0.3) is 0 Å². The Morgan fingerprint density at radius 2 is 0.906 bits per heavy atom. The summed E-state index contributed by atoms with van der Waals surface area (Å²) < 4.78 is 71.7. The second-order valence-electron chi connectivity index (χ2n) is 7.67. The minimum absolute atomic E-state index is 0.0651. The Labute approximate surface area is 196 Å². The summed E-state index contributed by atoms with van der Waals surface area (Å²) in [6.07, 6.45) is 0. The summed E-state index contributed by atoms with van der Waals surface area (Å²) in [6, 6.07) is 20.5. The lowest BCUT2D eigenvalue weighted by Gasteiger charge is -2.12. The van der Waals surface area contributed by atoms with E-state index in [-0.39, 0.29) is 46.0 Å². The fraction of sp³-hybridized carbons (Fsp3) is 0. The molecule has 0 aliphatic carbocycles. The van der Waals surface area contributed by atoms with E-state index in [1.165, 1.54) is 4.57 Å². The molecule has 0 fully saturated rings. The van der Waals surface area contributed by atoms with Crippen LogP contribution in [0.3, 0.4) is 0 Å². The van der Waals surface area contributed by atoms with Crippen molar-refractivity contribution in [2.45, 2.75) is 0 Å². The number of aromatic nitrogens is 2. The minimum Gasteiger partial charge on any atom is -0.309 e. The molecule has 0 aliphatic heterocycles. The molecule has 7 rings (SSSR count). The second-order valence-corrected chi connectivity index (χ2v) is 7.67. The molecule has 0 spiro atoms. The van der Waals surface area contributed by atoms with Crippen molar-refractivity contribution >= 4 is 43.6 Å². The van der Waals surface area contributed by atoms with Crippen LogP contribution in [0.5, 0.6) is 0 Å². The summed E-state index contributed by atoms with van der Waals surface area (Å²) >= 11 is 0. The molecule has 2 heteroatoms. The third-order valence-electron chi connectivity index (χ3n) is 5.96. The Balaban J connectivity index is 1.65. The van der Waals surface area contributed by atoms with E-state index in [9.17, 15) is 0 Å². The predicted molar refractivity (Wildman–Crippen MR) is 135 cm³/mol. The summed E-state index contributed by atoms with van der Waals surface area (Å²) in [4.78, 5) is 0. The highest BCUT2D eigenvalue weighted by atomic mass is 15.0. The largest absolute Gasteiger partial charge is 0.309 e. The minimum atomic E-state index is -0.456. The van der Waals surface area contributed by atoms with Crippen LogP contribution in [0.15, 0.2) is 121 Å². The van der Waals surface area contributed by atoms with Crippen LogP contribution in [-0.4, -0.2) is 9.13 Å². The van der Waals surface area contributed by atoms with Gasteiger partial charge in [0.05, 0.1) is 33.0 Å². The summed E-state index contributed by atoms with van der Waals surface area (Å²) in [7, 11) is 0. The Morgan fingerprint density at radius 1 is 0.438 bits per heavy atom. The van der Waals surface area contributed by atoms with Crippen LogP contribution < -0.4 is 0 Å². The van der Waals surface area contributed by atoms with E-state index in [1.54, 1.807) is 6.07 Å². The van der Waals surface area contributed by atoms with Crippen LogP contribution >= 0.6 is 0 Å². The van der Waals surface area contributed by atoms with Crippen LogP contribution in [0.2, 0.25) is 0 Å². The molecule has 2 nitrogen and oxygen atoms in total. The highest BCUT2D eigenvalue weighted by Crippen LogP contribution is 2.35. The molecule has 0 radical (unpaired) electrons. The quantitative estimate of drug-likeness (QED) is 0.271. The highest BCUT2D eigenvalue weighted by molar-refractivity contribution is 6.10. The molecule has 0 bridgehead atoms. The molecule has 0 N–H and O–H groups in total. The van der Waals surface area contributed by atoms with Crippen LogP contribution in [0.4, 0.5) is 0 Å². The average molecular weight is 417 g/mol. The second kappa shape index (κ2) is 6.60. The molecule has 0 aliphatic rings. The van der Waals surface area contributed by atoms with Crippen molar-refractivity contribution < 1.29 is 11.0 Å². The van der Waals surface area contributed by atoms with Crippen LogP contribution in [0.1, 0.15) is 11.0 Å². The van der Waals surface area contributed by atoms with Crippen LogP contribution in [0.25, 0.3) is 55.0 Å². The summed E-state index contributed by atoms with van der Waals surface area (Å²) in [6.45, 7) is 0. The zero-order chi connectivity index (χ0) is 28.0. The first-order chi connectivity index (χ1) is 19.2. The monoisotopic (exact) mass is 416 g/mol. The number of fused-ring (bicyclic) bond motifs is 6. The number of benzene rings is 5. The lowest BCUT2D eigenvalue weighted by molar-refractivity contribution is 1.13. The molecular weight excluding hydrogens is 388 g/mol. The molecule has 0 unspecified atom stereocenters. The van der Waals surface area contributed by atoms with E-state index in [1.807, 2.05) is 54.6 Å². The van der Waals surface area contributed by atoms with Crippen molar-refractivity contribution in [2.24, 2.45) is 0 Å². The van der Waals surface area contributed by atoms with Gasteiger partial charge in [-0.2, -0.15) is 0 Å². The summed E-state index contributed by atoms with van der Waals surface area (Å²) in [5, 5.41) is 2.30. The van der Waals surface area contributed by atoms with E-state index in [4.69, 9.17) is 11.0 Å². The molecule has 0 atom stereocenters. The zero-order valence-electron chi connectivity index (χ0n) is 24.8. The maximum atomic E-state index is 8.77. The van der Waals surface area contributed by atoms with Gasteiger partial charge in [0.15, 0.2) is 0 Å². The first-order valence-corrected chi connectivity index (χ1v) is 10.3. The molecule has 5 aromatic carbocycles. The van der Waals surface area contributed by atoms with Gasteiger partial charge in [0.2, 0.25) is 0 Å². The van der Waals surface area contributed by atoms with Gasteiger partial charge in [0, 0.05) is 32.9 Å². The van der Waals surface area contributed by atoms with E-state index in [0.29, 0.717) is 5.69 Å². The number of rotatable bonds is 2. The van der Waals surface area contributed by atoms with Crippen molar-refractivity contribution in [1.29, 1.82) is 0 Å². The van der Waals surface area contributed by atoms with Gasteiger partial charge in [-0.3, -0.25) is 0 Å². The van der Waals surface area contributed by atoms with Gasteiger partial charge >= 0.3 is 0 Å². The van der Waals surface area contributed by atoms with E-state index < -0.39 is 24.2 Å². The zero-order valence-corrected chi connectivity index (χ0v) is 16.8. The number of nitrogens with zero attached hydrogens (tertiary/aromatic N) is 2. The standard InChI is InChI=1S/C30H20N2/c1-5-16-27-23(12-1)24-13-2-6-17-28(24)31(27)21-10-9-11-22(20-21)32-29-18-7-3-14-25(29)26-15-4-8-19-30(26)32/h1-20H/i1D,2D,5D,6D,12D,13D,16D,17D. The Morgan fingerprint density at radius 3 is 1.47 bits per heavy atom. The average Bonchev–Trinajstić information content (AvgIpc) is 3.51. The Kier molecular flexibility index (Phi) is 2.34. The number of para-hydroxylation sites is 4. The van der Waals surface area contributed by atoms with E-state index in [2.05, 4.69) is 16.7 Å². The lowest BCUT2D eigenvalue weighted by atomic mass is 10.2. The Hall–Kier alpha value is -4.30. The summed E-state index contributed by atoms with van der Waals surface area (Å²) in [5.41, 5.74) is 3.50. The predicted octanol–water partition coefficient (Wildman–Crippen LogP) is 7.88. The van der Waals surface area contributed by atoms with Gasteiger partial charge in [0.1, 0.15) is 0 Å².